The monoisotopic (exact) mass is 228 g/mol. The summed E-state index contributed by atoms with van der Waals surface area (Å²) in [7, 11) is 0. The van der Waals surface area contributed by atoms with E-state index in [1.165, 1.54) is 11.3 Å². The average Bonchev–Trinajstić information content (AvgIpc) is 2.46. The number of halogens is 1. The van der Waals surface area contributed by atoms with Crippen molar-refractivity contribution in [3.05, 3.63) is 33.5 Å². The summed E-state index contributed by atoms with van der Waals surface area (Å²) < 4.78 is 0.650. The van der Waals surface area contributed by atoms with Crippen LogP contribution in [-0.2, 0) is 0 Å². The maximum Gasteiger partial charge on any atom is 0.195 e. The number of allylic oxidation sites excluding steroid dienone is 2. The van der Waals surface area contributed by atoms with Gasteiger partial charge in [-0.3, -0.25) is 4.79 Å². The lowest BCUT2D eigenvalue weighted by Crippen LogP contribution is -2.00. The van der Waals surface area contributed by atoms with Crippen LogP contribution in [0.2, 0.25) is 4.34 Å². The van der Waals surface area contributed by atoms with E-state index < -0.39 is 0 Å². The Bertz CT molecular complexity index is 358. The van der Waals surface area contributed by atoms with Gasteiger partial charge in [-0.15, -0.1) is 11.3 Å². The largest absolute Gasteiger partial charge is 0.288 e. The van der Waals surface area contributed by atoms with Crippen LogP contribution in [0.15, 0.2) is 24.3 Å². The van der Waals surface area contributed by atoms with E-state index in [4.69, 9.17) is 11.6 Å². The second-order valence-electron chi connectivity index (χ2n) is 4.17. The SMILES string of the molecule is CC(C)(C)/C=C/C(=O)c1ccc(Cl)s1. The topological polar surface area (TPSA) is 17.1 Å². The maximum atomic E-state index is 11.6. The number of thiophene rings is 1. The highest BCUT2D eigenvalue weighted by Crippen LogP contribution is 2.23. The highest BCUT2D eigenvalue weighted by atomic mass is 35.5. The third-order valence-electron chi connectivity index (χ3n) is 1.55. The Hall–Kier alpha value is -0.600. The molecule has 1 aromatic heterocycles. The molecule has 3 heteroatoms. The van der Waals surface area contributed by atoms with Gasteiger partial charge in [0.25, 0.3) is 0 Å². The summed E-state index contributed by atoms with van der Waals surface area (Å²) in [6.45, 7) is 6.16. The van der Waals surface area contributed by atoms with E-state index >= 15 is 0 Å². The van der Waals surface area contributed by atoms with E-state index in [1.54, 1.807) is 18.2 Å². The molecule has 0 saturated heterocycles. The first-order chi connectivity index (χ1) is 6.38. The average molecular weight is 229 g/mol. The van der Waals surface area contributed by atoms with Gasteiger partial charge >= 0.3 is 0 Å². The molecular formula is C11H13ClOS. The van der Waals surface area contributed by atoms with Gasteiger partial charge in [0.15, 0.2) is 5.78 Å². The molecule has 1 nitrogen and oxygen atoms in total. The van der Waals surface area contributed by atoms with Crippen molar-refractivity contribution >= 4 is 28.7 Å². The summed E-state index contributed by atoms with van der Waals surface area (Å²) in [4.78, 5) is 12.3. The van der Waals surface area contributed by atoms with Gasteiger partial charge in [0.05, 0.1) is 9.21 Å². The van der Waals surface area contributed by atoms with Crippen molar-refractivity contribution < 1.29 is 4.79 Å². The second-order valence-corrected chi connectivity index (χ2v) is 5.88. The molecule has 0 N–H and O–H groups in total. The summed E-state index contributed by atoms with van der Waals surface area (Å²) in [6, 6.07) is 3.49. The standard InChI is InChI=1S/C11H13ClOS/c1-11(2,3)7-6-8(13)9-4-5-10(12)14-9/h4-7H,1-3H3/b7-6+. The van der Waals surface area contributed by atoms with E-state index in [1.807, 2.05) is 6.08 Å². The minimum atomic E-state index is 0.0248. The predicted octanol–water partition coefficient (Wildman–Crippen LogP) is 4.19. The molecule has 0 atom stereocenters. The molecular weight excluding hydrogens is 216 g/mol. The summed E-state index contributed by atoms with van der Waals surface area (Å²) in [5, 5.41) is 0. The normalized spacial score (nSPS) is 12.3. The Morgan fingerprint density at radius 2 is 2.07 bits per heavy atom. The first-order valence-electron chi connectivity index (χ1n) is 4.37. The fraction of sp³-hybridized carbons (Fsp3) is 0.364. The van der Waals surface area contributed by atoms with Gasteiger partial charge in [-0.2, -0.15) is 0 Å². The predicted molar refractivity (Wildman–Crippen MR) is 62.3 cm³/mol. The molecule has 0 radical (unpaired) electrons. The highest BCUT2D eigenvalue weighted by Gasteiger charge is 2.08. The third-order valence-corrected chi connectivity index (χ3v) is 2.80. The van der Waals surface area contributed by atoms with Crippen molar-refractivity contribution in [1.82, 2.24) is 0 Å². The van der Waals surface area contributed by atoms with E-state index in [2.05, 4.69) is 20.8 Å². The molecule has 0 fully saturated rings. The molecule has 76 valence electrons. The Morgan fingerprint density at radius 1 is 1.43 bits per heavy atom. The van der Waals surface area contributed by atoms with Gasteiger partial charge in [0.2, 0.25) is 0 Å². The number of carbonyl (C=O) groups excluding carboxylic acids is 1. The van der Waals surface area contributed by atoms with E-state index in [9.17, 15) is 4.79 Å². The van der Waals surface area contributed by atoms with E-state index in [-0.39, 0.29) is 11.2 Å². The number of hydrogen-bond donors (Lipinski definition) is 0. The Labute approximate surface area is 93.4 Å². The molecule has 0 spiro atoms. The number of rotatable bonds is 2. The van der Waals surface area contributed by atoms with Crippen molar-refractivity contribution in [2.75, 3.05) is 0 Å². The van der Waals surface area contributed by atoms with Crippen LogP contribution in [0.3, 0.4) is 0 Å². The first-order valence-corrected chi connectivity index (χ1v) is 5.57. The van der Waals surface area contributed by atoms with Crippen molar-refractivity contribution in [3.8, 4) is 0 Å². The Kier molecular flexibility index (Phi) is 3.51. The Morgan fingerprint density at radius 3 is 2.50 bits per heavy atom. The van der Waals surface area contributed by atoms with Gasteiger partial charge in [0.1, 0.15) is 0 Å². The van der Waals surface area contributed by atoms with Crippen molar-refractivity contribution in [3.63, 3.8) is 0 Å². The van der Waals surface area contributed by atoms with Crippen LogP contribution >= 0.6 is 22.9 Å². The summed E-state index contributed by atoms with van der Waals surface area (Å²) in [6.07, 6.45) is 3.52. The van der Waals surface area contributed by atoms with Gasteiger partial charge < -0.3 is 0 Å². The number of hydrogen-bond acceptors (Lipinski definition) is 2. The fourth-order valence-electron chi connectivity index (χ4n) is 0.855. The third kappa shape index (κ3) is 3.64. The van der Waals surface area contributed by atoms with Crippen LogP contribution < -0.4 is 0 Å². The number of carbonyl (C=O) groups is 1. The van der Waals surface area contributed by atoms with Crippen molar-refractivity contribution in [2.24, 2.45) is 5.41 Å². The molecule has 1 rings (SSSR count). The summed E-state index contributed by atoms with van der Waals surface area (Å²) in [5.74, 6) is 0.0248. The molecule has 0 unspecified atom stereocenters. The van der Waals surface area contributed by atoms with Crippen LogP contribution in [0.25, 0.3) is 0 Å². The van der Waals surface area contributed by atoms with Crippen molar-refractivity contribution in [1.29, 1.82) is 0 Å². The van der Waals surface area contributed by atoms with E-state index in [0.29, 0.717) is 9.21 Å². The minimum absolute atomic E-state index is 0.0248. The zero-order chi connectivity index (χ0) is 10.8. The quantitative estimate of drug-likeness (QED) is 0.548. The van der Waals surface area contributed by atoms with E-state index in [0.717, 1.165) is 0 Å². The van der Waals surface area contributed by atoms with Crippen molar-refractivity contribution in [2.45, 2.75) is 20.8 Å². The molecule has 1 aromatic rings. The lowest BCUT2D eigenvalue weighted by molar-refractivity contribution is 0.104. The van der Waals surface area contributed by atoms with Crippen LogP contribution in [0, 0.1) is 5.41 Å². The van der Waals surface area contributed by atoms with Gasteiger partial charge in [0, 0.05) is 0 Å². The molecule has 0 aliphatic heterocycles. The zero-order valence-electron chi connectivity index (χ0n) is 8.50. The van der Waals surface area contributed by atoms with Crippen LogP contribution in [0.4, 0.5) is 0 Å². The maximum absolute atomic E-state index is 11.6. The second kappa shape index (κ2) is 4.28. The molecule has 0 saturated carbocycles. The van der Waals surface area contributed by atoms with Crippen LogP contribution in [0.1, 0.15) is 30.4 Å². The molecule has 0 bridgehead atoms. The highest BCUT2D eigenvalue weighted by molar-refractivity contribution is 7.18. The van der Waals surface area contributed by atoms with Gasteiger partial charge in [-0.1, -0.05) is 38.4 Å². The fourth-order valence-corrected chi connectivity index (χ4v) is 1.82. The lowest BCUT2D eigenvalue weighted by Gasteiger charge is -2.10. The number of ketones is 1. The van der Waals surface area contributed by atoms with Gasteiger partial charge in [-0.25, -0.2) is 0 Å². The smallest absolute Gasteiger partial charge is 0.195 e. The molecule has 14 heavy (non-hydrogen) atoms. The summed E-state index contributed by atoms with van der Waals surface area (Å²) in [5.41, 5.74) is 0.0384. The molecule has 0 aromatic carbocycles. The van der Waals surface area contributed by atoms with Crippen LogP contribution in [0.5, 0.6) is 0 Å². The summed E-state index contributed by atoms with van der Waals surface area (Å²) >= 11 is 7.05. The zero-order valence-corrected chi connectivity index (χ0v) is 10.1. The molecule has 1 heterocycles. The lowest BCUT2D eigenvalue weighted by atomic mass is 9.96. The molecule has 0 amide bonds. The molecule has 0 aliphatic rings. The minimum Gasteiger partial charge on any atom is -0.288 e. The molecule has 0 aliphatic carbocycles. The van der Waals surface area contributed by atoms with Gasteiger partial charge in [-0.05, 0) is 23.6 Å². The Balaban J connectivity index is 2.73. The first kappa shape index (κ1) is 11.5. The van der Waals surface area contributed by atoms with Crippen LogP contribution in [-0.4, -0.2) is 5.78 Å².